The molecule has 2 nitrogen and oxygen atoms in total. The van der Waals surface area contributed by atoms with Crippen LogP contribution in [-0.2, 0) is 4.79 Å². The lowest BCUT2D eigenvalue weighted by molar-refractivity contribution is -0.119. The Hall–Kier alpha value is -0.180. The third kappa shape index (κ3) is 2.81. The van der Waals surface area contributed by atoms with E-state index < -0.39 is 0 Å². The molecule has 1 N–H and O–H groups in total. The molecule has 0 heterocycles. The smallest absolute Gasteiger partial charge is 0.230 e. The second-order valence-electron chi connectivity index (χ2n) is 7.73. The number of rotatable bonds is 3. The van der Waals surface area contributed by atoms with Crippen LogP contribution in [0.4, 0.5) is 0 Å². The van der Waals surface area contributed by atoms with E-state index in [2.05, 4.69) is 26.1 Å². The average molecular weight is 281 g/mol. The highest BCUT2D eigenvalue weighted by atomic mass is 32.2. The molecule has 0 radical (unpaired) electrons. The van der Waals surface area contributed by atoms with E-state index in [-0.39, 0.29) is 10.7 Å². The molecule has 19 heavy (non-hydrogen) atoms. The second-order valence-corrected chi connectivity index (χ2v) is 9.53. The quantitative estimate of drug-likeness (QED) is 0.858. The zero-order valence-electron chi connectivity index (χ0n) is 12.4. The normalized spacial score (nSPS) is 40.5. The molecular formula is C16H27NOS. The van der Waals surface area contributed by atoms with Gasteiger partial charge in [0, 0.05) is 10.8 Å². The van der Waals surface area contributed by atoms with Gasteiger partial charge in [0.15, 0.2) is 0 Å². The Kier molecular flexibility index (Phi) is 3.61. The lowest BCUT2D eigenvalue weighted by Gasteiger charge is -2.32. The minimum absolute atomic E-state index is 0.183. The van der Waals surface area contributed by atoms with Gasteiger partial charge in [-0.3, -0.25) is 4.79 Å². The van der Waals surface area contributed by atoms with Gasteiger partial charge in [-0.05, 0) is 49.4 Å². The summed E-state index contributed by atoms with van der Waals surface area (Å²) in [6, 6.07) is 0.498. The van der Waals surface area contributed by atoms with Gasteiger partial charge < -0.3 is 5.32 Å². The van der Waals surface area contributed by atoms with Gasteiger partial charge in [-0.15, -0.1) is 11.8 Å². The van der Waals surface area contributed by atoms with Gasteiger partial charge >= 0.3 is 0 Å². The number of thioether (sulfide) groups is 1. The highest BCUT2D eigenvalue weighted by molar-refractivity contribution is 8.01. The van der Waals surface area contributed by atoms with Gasteiger partial charge in [0.1, 0.15) is 0 Å². The Morgan fingerprint density at radius 3 is 2.63 bits per heavy atom. The van der Waals surface area contributed by atoms with Gasteiger partial charge in [-0.2, -0.15) is 0 Å². The van der Waals surface area contributed by atoms with E-state index in [1.807, 2.05) is 0 Å². The maximum absolute atomic E-state index is 12.1. The molecule has 0 aliphatic heterocycles. The summed E-state index contributed by atoms with van der Waals surface area (Å²) in [6.07, 6.45) is 6.98. The molecule has 3 aliphatic carbocycles. The number of hydrogen-bond acceptors (Lipinski definition) is 2. The van der Waals surface area contributed by atoms with Crippen molar-refractivity contribution >= 4 is 17.7 Å². The summed E-state index contributed by atoms with van der Waals surface area (Å²) in [4.78, 5) is 12.1. The topological polar surface area (TPSA) is 29.1 Å². The number of carbonyl (C=O) groups excluding carboxylic acids is 1. The standard InChI is InChI=1S/C16H27NOS/c1-16(2,3)19-9-15(18)17-14-8-10-7-13(14)12-6-4-5-11(10)12/h10-14H,4-9H2,1-3H3,(H,17,18)/t10-,11+,12-,13+,14-/m1/s1. The molecule has 0 aromatic heterocycles. The summed E-state index contributed by atoms with van der Waals surface area (Å²) in [6.45, 7) is 6.52. The summed E-state index contributed by atoms with van der Waals surface area (Å²) < 4.78 is 0.183. The maximum atomic E-state index is 12.1. The Morgan fingerprint density at radius 2 is 1.89 bits per heavy atom. The van der Waals surface area contributed by atoms with Crippen LogP contribution in [0.3, 0.4) is 0 Å². The van der Waals surface area contributed by atoms with Crippen LogP contribution in [0.2, 0.25) is 0 Å². The maximum Gasteiger partial charge on any atom is 0.230 e. The lowest BCUT2D eigenvalue weighted by atomic mass is 9.79. The molecule has 5 atom stereocenters. The number of nitrogens with one attached hydrogen (secondary N) is 1. The van der Waals surface area contributed by atoms with Gasteiger partial charge in [0.25, 0.3) is 0 Å². The van der Waals surface area contributed by atoms with Crippen LogP contribution in [0.15, 0.2) is 0 Å². The van der Waals surface area contributed by atoms with Crippen molar-refractivity contribution in [3.63, 3.8) is 0 Å². The Bertz CT molecular complexity index is 362. The third-order valence-electron chi connectivity index (χ3n) is 5.41. The molecule has 108 valence electrons. The van der Waals surface area contributed by atoms with Crippen LogP contribution in [-0.4, -0.2) is 22.4 Å². The second kappa shape index (κ2) is 4.98. The molecule has 0 spiro atoms. The van der Waals surface area contributed by atoms with Crippen molar-refractivity contribution in [1.82, 2.24) is 5.32 Å². The van der Waals surface area contributed by atoms with Crippen LogP contribution in [0.5, 0.6) is 0 Å². The monoisotopic (exact) mass is 281 g/mol. The Morgan fingerprint density at radius 1 is 1.16 bits per heavy atom. The summed E-state index contributed by atoms with van der Waals surface area (Å²) >= 11 is 1.75. The predicted octanol–water partition coefficient (Wildman–Crippen LogP) is 3.46. The molecule has 0 saturated heterocycles. The first-order valence-electron chi connectivity index (χ1n) is 7.87. The number of carbonyl (C=O) groups is 1. The van der Waals surface area contributed by atoms with Crippen molar-refractivity contribution in [2.24, 2.45) is 23.7 Å². The SMILES string of the molecule is CC(C)(C)SCC(=O)N[C@@H]1C[C@H]2C[C@H]1[C@@H]1CCC[C@@H]21. The van der Waals surface area contributed by atoms with Gasteiger partial charge in [-0.1, -0.05) is 27.2 Å². The molecule has 3 aliphatic rings. The fraction of sp³-hybridized carbons (Fsp3) is 0.938. The van der Waals surface area contributed by atoms with Crippen LogP contribution in [0.1, 0.15) is 52.9 Å². The van der Waals surface area contributed by atoms with Gasteiger partial charge in [0.05, 0.1) is 5.75 Å². The molecule has 2 bridgehead atoms. The Balaban J connectivity index is 1.51. The molecule has 0 aromatic rings. The van der Waals surface area contributed by atoms with Crippen LogP contribution in [0, 0.1) is 23.7 Å². The first kappa shape index (κ1) is 13.8. The van der Waals surface area contributed by atoms with Gasteiger partial charge in [-0.25, -0.2) is 0 Å². The van der Waals surface area contributed by atoms with Crippen LogP contribution in [0.25, 0.3) is 0 Å². The van der Waals surface area contributed by atoms with E-state index in [1.165, 1.54) is 32.1 Å². The number of hydrogen-bond donors (Lipinski definition) is 1. The number of fused-ring (bicyclic) bond motifs is 5. The highest BCUT2D eigenvalue weighted by Gasteiger charge is 2.53. The molecule has 3 fully saturated rings. The molecule has 0 aromatic carbocycles. The predicted molar refractivity (Wildman–Crippen MR) is 81.2 cm³/mol. The fourth-order valence-electron chi connectivity index (χ4n) is 4.76. The molecule has 1 amide bonds. The lowest BCUT2D eigenvalue weighted by Crippen LogP contribution is -2.43. The van der Waals surface area contributed by atoms with Crippen molar-refractivity contribution in [3.8, 4) is 0 Å². The van der Waals surface area contributed by atoms with Crippen LogP contribution >= 0.6 is 11.8 Å². The molecule has 3 rings (SSSR count). The summed E-state index contributed by atoms with van der Waals surface area (Å²) in [7, 11) is 0. The molecule has 0 unspecified atom stereocenters. The average Bonchev–Trinajstić information content (AvgIpc) is 2.96. The van der Waals surface area contributed by atoms with E-state index in [0.717, 1.165) is 23.7 Å². The third-order valence-corrected chi connectivity index (χ3v) is 6.68. The van der Waals surface area contributed by atoms with E-state index in [1.54, 1.807) is 11.8 Å². The zero-order valence-corrected chi connectivity index (χ0v) is 13.3. The van der Waals surface area contributed by atoms with Crippen molar-refractivity contribution < 1.29 is 4.79 Å². The summed E-state index contributed by atoms with van der Waals surface area (Å²) in [5.41, 5.74) is 0. The van der Waals surface area contributed by atoms with E-state index in [4.69, 9.17) is 0 Å². The zero-order chi connectivity index (χ0) is 13.6. The first-order valence-corrected chi connectivity index (χ1v) is 8.86. The fourth-order valence-corrected chi connectivity index (χ4v) is 5.41. The first-order chi connectivity index (χ1) is 8.94. The molecule has 3 saturated carbocycles. The van der Waals surface area contributed by atoms with Crippen molar-refractivity contribution in [3.05, 3.63) is 0 Å². The van der Waals surface area contributed by atoms with Crippen molar-refractivity contribution in [1.29, 1.82) is 0 Å². The van der Waals surface area contributed by atoms with E-state index in [9.17, 15) is 4.79 Å². The summed E-state index contributed by atoms with van der Waals surface area (Å²) in [5.74, 6) is 4.57. The largest absolute Gasteiger partial charge is 0.352 e. The van der Waals surface area contributed by atoms with E-state index >= 15 is 0 Å². The number of amides is 1. The highest BCUT2D eigenvalue weighted by Crippen LogP contribution is 2.58. The molecular weight excluding hydrogens is 254 g/mol. The minimum Gasteiger partial charge on any atom is -0.352 e. The Labute approximate surface area is 121 Å². The van der Waals surface area contributed by atoms with Crippen LogP contribution < -0.4 is 5.32 Å². The summed E-state index contributed by atoms with van der Waals surface area (Å²) in [5, 5.41) is 3.34. The minimum atomic E-state index is 0.183. The van der Waals surface area contributed by atoms with Crippen molar-refractivity contribution in [2.75, 3.05) is 5.75 Å². The molecule has 3 heteroatoms. The van der Waals surface area contributed by atoms with Gasteiger partial charge in [0.2, 0.25) is 5.91 Å². The van der Waals surface area contributed by atoms with E-state index in [0.29, 0.717) is 11.8 Å². The van der Waals surface area contributed by atoms with Crippen molar-refractivity contribution in [2.45, 2.75) is 63.7 Å².